The van der Waals surface area contributed by atoms with Gasteiger partial charge < -0.3 is 10.2 Å². The molecular weight excluding hydrogens is 262 g/mol. The Balaban J connectivity index is 3.35. The molecule has 0 unspecified atom stereocenters. The number of benzene rings is 1. The van der Waals surface area contributed by atoms with E-state index in [1.54, 1.807) is 12.1 Å². The van der Waals surface area contributed by atoms with Crippen molar-refractivity contribution in [1.82, 2.24) is 0 Å². The van der Waals surface area contributed by atoms with Crippen molar-refractivity contribution in [1.29, 1.82) is 5.26 Å². The summed E-state index contributed by atoms with van der Waals surface area (Å²) in [6.07, 6.45) is -0.266. The normalized spacial score (nSPS) is 9.67. The molecule has 0 atom stereocenters. The zero-order valence-electron chi connectivity index (χ0n) is 7.70. The minimum Gasteiger partial charge on any atom is -0.481 e. The number of carbonyl (C=O) groups is 1. The van der Waals surface area contributed by atoms with E-state index in [1.807, 2.05) is 6.07 Å². The Morgan fingerprint density at radius 1 is 1.53 bits per heavy atom. The van der Waals surface area contributed by atoms with Gasteiger partial charge in [0.1, 0.15) is 6.07 Å². The van der Waals surface area contributed by atoms with Crippen molar-refractivity contribution >= 4 is 21.9 Å². The molecule has 0 bridgehead atoms. The Kier molecular flexibility index (Phi) is 3.83. The highest BCUT2D eigenvalue weighted by atomic mass is 79.9. The summed E-state index contributed by atoms with van der Waals surface area (Å²) in [5, 5.41) is 26.6. The van der Waals surface area contributed by atoms with Gasteiger partial charge >= 0.3 is 5.97 Å². The highest BCUT2D eigenvalue weighted by Gasteiger charge is 2.14. The molecule has 0 aliphatic heterocycles. The zero-order chi connectivity index (χ0) is 11.4. The monoisotopic (exact) mass is 269 g/mol. The predicted octanol–water partition coefficient (Wildman–Crippen LogP) is 1.44. The number of nitrogens with zero attached hydrogens (tertiary/aromatic N) is 1. The summed E-state index contributed by atoms with van der Waals surface area (Å²) in [6, 6.07) is 5.14. The molecule has 0 saturated carbocycles. The van der Waals surface area contributed by atoms with E-state index >= 15 is 0 Å². The number of rotatable bonds is 3. The second kappa shape index (κ2) is 4.91. The van der Waals surface area contributed by atoms with Gasteiger partial charge in [0, 0.05) is 4.47 Å². The first-order valence-corrected chi connectivity index (χ1v) is 4.92. The first-order valence-electron chi connectivity index (χ1n) is 4.13. The minimum atomic E-state index is -1.03. The fourth-order valence-electron chi connectivity index (χ4n) is 1.28. The fraction of sp³-hybridized carbons (Fsp3) is 0.200. The van der Waals surface area contributed by atoms with Crippen LogP contribution in [-0.2, 0) is 17.8 Å². The molecule has 15 heavy (non-hydrogen) atoms. The van der Waals surface area contributed by atoms with Crippen LogP contribution in [0.2, 0.25) is 0 Å². The van der Waals surface area contributed by atoms with Gasteiger partial charge in [0.2, 0.25) is 0 Å². The van der Waals surface area contributed by atoms with Gasteiger partial charge in [-0.1, -0.05) is 6.07 Å². The van der Waals surface area contributed by atoms with E-state index in [1.165, 1.54) is 0 Å². The zero-order valence-corrected chi connectivity index (χ0v) is 9.28. The molecule has 0 aliphatic carbocycles. The largest absolute Gasteiger partial charge is 0.481 e. The van der Waals surface area contributed by atoms with Crippen molar-refractivity contribution in [3.8, 4) is 6.07 Å². The van der Waals surface area contributed by atoms with Crippen LogP contribution in [-0.4, -0.2) is 16.2 Å². The van der Waals surface area contributed by atoms with Crippen molar-refractivity contribution in [3.63, 3.8) is 0 Å². The first-order chi connectivity index (χ1) is 7.10. The minimum absolute atomic E-state index is 0.266. The standard InChI is InChI=1S/C10H8BrNO3/c11-9-2-1-6(5-13)7(3-10(14)15)8(9)4-12/h1-2,13H,3,5H2,(H,14,15). The van der Waals surface area contributed by atoms with Crippen LogP contribution >= 0.6 is 15.9 Å². The van der Waals surface area contributed by atoms with E-state index in [-0.39, 0.29) is 18.6 Å². The Labute approximate surface area is 94.9 Å². The summed E-state index contributed by atoms with van der Waals surface area (Å²) in [6.45, 7) is -0.273. The highest BCUT2D eigenvalue weighted by molar-refractivity contribution is 9.10. The van der Waals surface area contributed by atoms with E-state index in [9.17, 15) is 4.79 Å². The van der Waals surface area contributed by atoms with E-state index in [0.29, 0.717) is 15.6 Å². The van der Waals surface area contributed by atoms with Crippen molar-refractivity contribution in [2.24, 2.45) is 0 Å². The number of carboxylic acids is 1. The number of hydrogen-bond donors (Lipinski definition) is 2. The third kappa shape index (κ3) is 2.55. The van der Waals surface area contributed by atoms with Crippen LogP contribution in [0.5, 0.6) is 0 Å². The van der Waals surface area contributed by atoms with Crippen molar-refractivity contribution in [2.45, 2.75) is 13.0 Å². The van der Waals surface area contributed by atoms with Crippen LogP contribution in [0.4, 0.5) is 0 Å². The number of carboxylic acid groups (broad SMARTS) is 1. The van der Waals surface area contributed by atoms with E-state index in [2.05, 4.69) is 15.9 Å². The van der Waals surface area contributed by atoms with Crippen LogP contribution in [0.1, 0.15) is 16.7 Å². The number of nitriles is 1. The van der Waals surface area contributed by atoms with Gasteiger partial charge in [-0.25, -0.2) is 0 Å². The van der Waals surface area contributed by atoms with Crippen molar-refractivity contribution in [3.05, 3.63) is 33.3 Å². The fourth-order valence-corrected chi connectivity index (χ4v) is 1.74. The smallest absolute Gasteiger partial charge is 0.307 e. The first kappa shape index (κ1) is 11.7. The van der Waals surface area contributed by atoms with Gasteiger partial charge in [0.15, 0.2) is 0 Å². The summed E-state index contributed by atoms with van der Waals surface area (Å²) >= 11 is 3.16. The van der Waals surface area contributed by atoms with Crippen molar-refractivity contribution < 1.29 is 15.0 Å². The van der Waals surface area contributed by atoms with E-state index < -0.39 is 5.97 Å². The Morgan fingerprint density at radius 3 is 2.67 bits per heavy atom. The molecule has 0 fully saturated rings. The number of hydrogen-bond acceptors (Lipinski definition) is 3. The lowest BCUT2D eigenvalue weighted by Gasteiger charge is -2.08. The maximum Gasteiger partial charge on any atom is 0.307 e. The van der Waals surface area contributed by atoms with Gasteiger partial charge in [0.05, 0.1) is 18.6 Å². The average Bonchev–Trinajstić information content (AvgIpc) is 2.18. The summed E-state index contributed by atoms with van der Waals surface area (Å²) < 4.78 is 0.540. The molecule has 0 saturated heterocycles. The summed E-state index contributed by atoms with van der Waals surface area (Å²) in [5.41, 5.74) is 1.10. The number of halogens is 1. The Morgan fingerprint density at radius 2 is 2.20 bits per heavy atom. The van der Waals surface area contributed by atoms with Gasteiger partial charge in [-0.3, -0.25) is 4.79 Å². The summed E-state index contributed by atoms with van der Waals surface area (Å²) in [4.78, 5) is 10.6. The molecule has 0 heterocycles. The quantitative estimate of drug-likeness (QED) is 0.870. The SMILES string of the molecule is N#Cc1c(Br)ccc(CO)c1CC(=O)O. The topological polar surface area (TPSA) is 81.3 Å². The average molecular weight is 270 g/mol. The lowest BCUT2D eigenvalue weighted by atomic mass is 9.99. The van der Waals surface area contributed by atoms with Gasteiger partial charge in [0.25, 0.3) is 0 Å². The molecule has 4 nitrogen and oxygen atoms in total. The molecular formula is C10H8BrNO3. The number of aliphatic carboxylic acids is 1. The van der Waals surface area contributed by atoms with Crippen LogP contribution in [0.25, 0.3) is 0 Å². The maximum atomic E-state index is 10.6. The molecule has 0 aliphatic rings. The molecule has 0 radical (unpaired) electrons. The third-order valence-corrected chi connectivity index (χ3v) is 2.63. The molecule has 1 aromatic rings. The lowest BCUT2D eigenvalue weighted by Crippen LogP contribution is -2.06. The molecule has 0 aromatic heterocycles. The van der Waals surface area contributed by atoms with Crippen LogP contribution in [0, 0.1) is 11.3 Å². The summed E-state index contributed by atoms with van der Waals surface area (Å²) in [5.74, 6) is -1.03. The second-order valence-electron chi connectivity index (χ2n) is 2.90. The molecule has 1 rings (SSSR count). The van der Waals surface area contributed by atoms with Gasteiger partial charge in [-0.15, -0.1) is 0 Å². The predicted molar refractivity (Wildman–Crippen MR) is 56.1 cm³/mol. The van der Waals surface area contributed by atoms with E-state index in [4.69, 9.17) is 15.5 Å². The van der Waals surface area contributed by atoms with Crippen LogP contribution in [0.15, 0.2) is 16.6 Å². The van der Waals surface area contributed by atoms with Crippen molar-refractivity contribution in [2.75, 3.05) is 0 Å². The summed E-state index contributed by atoms with van der Waals surface area (Å²) in [7, 11) is 0. The molecule has 78 valence electrons. The molecule has 1 aromatic carbocycles. The second-order valence-corrected chi connectivity index (χ2v) is 3.75. The number of aliphatic hydroxyl groups is 1. The van der Waals surface area contributed by atoms with Crippen LogP contribution in [0.3, 0.4) is 0 Å². The molecule has 0 amide bonds. The lowest BCUT2D eigenvalue weighted by molar-refractivity contribution is -0.136. The molecule has 5 heteroatoms. The van der Waals surface area contributed by atoms with Gasteiger partial charge in [-0.05, 0) is 33.1 Å². The van der Waals surface area contributed by atoms with Gasteiger partial charge in [-0.2, -0.15) is 5.26 Å². The van der Waals surface area contributed by atoms with Crippen LogP contribution < -0.4 is 0 Å². The Hall–Kier alpha value is -1.38. The highest BCUT2D eigenvalue weighted by Crippen LogP contribution is 2.24. The molecule has 2 N–H and O–H groups in total. The maximum absolute atomic E-state index is 10.6. The van der Waals surface area contributed by atoms with E-state index in [0.717, 1.165) is 0 Å². The number of aliphatic hydroxyl groups excluding tert-OH is 1. The molecule has 0 spiro atoms. The Bertz CT molecular complexity index is 437. The third-order valence-electron chi connectivity index (χ3n) is 1.97.